The Hall–Kier alpha value is -2.28. The fourth-order valence-electron chi connectivity index (χ4n) is 3.17. The molecule has 3 rings (SSSR count). The number of amides is 2. The van der Waals surface area contributed by atoms with Crippen LogP contribution in [0.5, 0.6) is 0 Å². The van der Waals surface area contributed by atoms with Crippen molar-refractivity contribution in [2.24, 2.45) is 0 Å². The number of imide groups is 1. The second-order valence-corrected chi connectivity index (χ2v) is 7.38. The molecular weight excluding hydrogens is 352 g/mol. The SMILES string of the molecule is COC(=O)[C@H](C)N1C(=O)S/C(=C/c2ccc(N3CCCCC3)cc2)C1=O. The highest BCUT2D eigenvalue weighted by atomic mass is 32.2. The van der Waals surface area contributed by atoms with Gasteiger partial charge in [-0.3, -0.25) is 14.5 Å². The van der Waals surface area contributed by atoms with E-state index in [4.69, 9.17) is 0 Å². The smallest absolute Gasteiger partial charge is 0.328 e. The third-order valence-corrected chi connectivity index (χ3v) is 5.55. The molecule has 2 aliphatic rings. The molecule has 0 saturated carbocycles. The minimum atomic E-state index is -0.931. The molecule has 2 aliphatic heterocycles. The van der Waals surface area contributed by atoms with Crippen LogP contribution in [0.15, 0.2) is 29.2 Å². The number of thioether (sulfide) groups is 1. The van der Waals surface area contributed by atoms with E-state index in [-0.39, 0.29) is 0 Å². The van der Waals surface area contributed by atoms with E-state index in [1.165, 1.54) is 39.0 Å². The molecule has 1 atom stereocenters. The van der Waals surface area contributed by atoms with Crippen molar-refractivity contribution in [2.75, 3.05) is 25.1 Å². The Kier molecular flexibility index (Phi) is 5.66. The molecule has 0 radical (unpaired) electrons. The molecule has 26 heavy (non-hydrogen) atoms. The van der Waals surface area contributed by atoms with Gasteiger partial charge in [-0.15, -0.1) is 0 Å². The van der Waals surface area contributed by atoms with Gasteiger partial charge in [0.15, 0.2) is 0 Å². The van der Waals surface area contributed by atoms with Gasteiger partial charge in [0.1, 0.15) is 6.04 Å². The number of piperidine rings is 1. The van der Waals surface area contributed by atoms with E-state index in [1.54, 1.807) is 6.08 Å². The molecular formula is C19H22N2O4S. The van der Waals surface area contributed by atoms with E-state index in [0.717, 1.165) is 35.3 Å². The van der Waals surface area contributed by atoms with Gasteiger partial charge in [-0.05, 0) is 61.7 Å². The topological polar surface area (TPSA) is 66.9 Å². The van der Waals surface area contributed by atoms with Crippen molar-refractivity contribution in [1.29, 1.82) is 0 Å². The Morgan fingerprint density at radius 2 is 1.81 bits per heavy atom. The molecule has 7 heteroatoms. The number of anilines is 1. The lowest BCUT2D eigenvalue weighted by Crippen LogP contribution is -2.42. The largest absolute Gasteiger partial charge is 0.467 e. The standard InChI is InChI=1S/C19H22N2O4S/c1-13(18(23)25-2)21-17(22)16(26-19(21)24)12-14-6-8-15(9-7-14)20-10-4-3-5-11-20/h6-9,12-13H,3-5,10-11H2,1-2H3/b16-12+/t13-/m0/s1. The number of ether oxygens (including phenoxy) is 1. The molecule has 6 nitrogen and oxygen atoms in total. The van der Waals surface area contributed by atoms with Gasteiger partial charge in [0, 0.05) is 18.8 Å². The van der Waals surface area contributed by atoms with Gasteiger partial charge in [-0.2, -0.15) is 0 Å². The quantitative estimate of drug-likeness (QED) is 0.595. The zero-order valence-electron chi connectivity index (χ0n) is 14.9. The van der Waals surface area contributed by atoms with Crippen LogP contribution in [0.4, 0.5) is 10.5 Å². The minimum absolute atomic E-state index is 0.316. The van der Waals surface area contributed by atoms with Crippen LogP contribution >= 0.6 is 11.8 Å². The van der Waals surface area contributed by atoms with E-state index >= 15 is 0 Å². The fourth-order valence-corrected chi connectivity index (χ4v) is 4.08. The van der Waals surface area contributed by atoms with E-state index in [9.17, 15) is 14.4 Å². The number of hydrogen-bond donors (Lipinski definition) is 0. The van der Waals surface area contributed by atoms with Crippen molar-refractivity contribution in [3.63, 3.8) is 0 Å². The van der Waals surface area contributed by atoms with Crippen LogP contribution in [0.2, 0.25) is 0 Å². The first-order valence-corrected chi connectivity index (χ1v) is 9.53. The van der Waals surface area contributed by atoms with Crippen LogP contribution < -0.4 is 4.90 Å². The van der Waals surface area contributed by atoms with Crippen LogP contribution in [0.25, 0.3) is 6.08 Å². The minimum Gasteiger partial charge on any atom is -0.467 e. The normalized spacial score (nSPS) is 20.6. The molecule has 0 aromatic heterocycles. The summed E-state index contributed by atoms with van der Waals surface area (Å²) in [5.41, 5.74) is 2.02. The first kappa shape index (κ1) is 18.5. The van der Waals surface area contributed by atoms with Gasteiger partial charge in [0.2, 0.25) is 0 Å². The summed E-state index contributed by atoms with van der Waals surface area (Å²) < 4.78 is 4.63. The maximum atomic E-state index is 12.5. The second kappa shape index (κ2) is 7.95. The van der Waals surface area contributed by atoms with E-state index in [0.29, 0.717) is 4.91 Å². The Labute approximate surface area is 157 Å². The molecule has 0 spiro atoms. The molecule has 0 bridgehead atoms. The monoisotopic (exact) mass is 374 g/mol. The highest BCUT2D eigenvalue weighted by Crippen LogP contribution is 2.34. The average Bonchev–Trinajstić information content (AvgIpc) is 2.95. The summed E-state index contributed by atoms with van der Waals surface area (Å²) in [5, 5.41) is -0.455. The summed E-state index contributed by atoms with van der Waals surface area (Å²) in [6, 6.07) is 7.04. The molecule has 0 N–H and O–H groups in total. The fraction of sp³-hybridized carbons (Fsp3) is 0.421. The molecule has 1 aromatic rings. The Bertz CT molecular complexity index is 738. The van der Waals surface area contributed by atoms with Gasteiger partial charge in [-0.1, -0.05) is 12.1 Å². The second-order valence-electron chi connectivity index (χ2n) is 6.39. The zero-order valence-corrected chi connectivity index (χ0v) is 15.8. The number of rotatable bonds is 4. The maximum absolute atomic E-state index is 12.5. The highest BCUT2D eigenvalue weighted by Gasteiger charge is 2.41. The van der Waals surface area contributed by atoms with Crippen LogP contribution in [0.3, 0.4) is 0 Å². The summed E-state index contributed by atoms with van der Waals surface area (Å²) in [7, 11) is 1.23. The Morgan fingerprint density at radius 1 is 1.15 bits per heavy atom. The van der Waals surface area contributed by atoms with Crippen molar-refractivity contribution in [3.05, 3.63) is 34.7 Å². The number of carbonyl (C=O) groups excluding carboxylic acids is 3. The lowest BCUT2D eigenvalue weighted by atomic mass is 10.1. The van der Waals surface area contributed by atoms with Crippen LogP contribution in [-0.2, 0) is 14.3 Å². The van der Waals surface area contributed by atoms with Crippen LogP contribution in [0, 0.1) is 0 Å². The molecule has 2 heterocycles. The number of benzene rings is 1. The summed E-state index contributed by atoms with van der Waals surface area (Å²) in [5.74, 6) is -1.07. The van der Waals surface area contributed by atoms with Crippen LogP contribution in [-0.4, -0.2) is 48.3 Å². The predicted octanol–water partition coefficient (Wildman–Crippen LogP) is 3.27. The first-order chi connectivity index (χ1) is 12.5. The van der Waals surface area contributed by atoms with Gasteiger partial charge < -0.3 is 9.64 Å². The maximum Gasteiger partial charge on any atom is 0.328 e. The molecule has 2 saturated heterocycles. The summed E-state index contributed by atoms with van der Waals surface area (Å²) in [6.45, 7) is 3.63. The van der Waals surface area contributed by atoms with Crippen molar-refractivity contribution >= 4 is 40.6 Å². The molecule has 1 aromatic carbocycles. The average molecular weight is 374 g/mol. The van der Waals surface area contributed by atoms with Gasteiger partial charge in [0.05, 0.1) is 12.0 Å². The first-order valence-electron chi connectivity index (χ1n) is 8.71. The molecule has 2 fully saturated rings. The molecule has 2 amide bonds. The number of carbonyl (C=O) groups is 3. The molecule has 0 aliphatic carbocycles. The lowest BCUT2D eigenvalue weighted by Gasteiger charge is -2.28. The third-order valence-electron chi connectivity index (χ3n) is 4.67. The van der Waals surface area contributed by atoms with Crippen molar-refractivity contribution < 1.29 is 19.1 Å². The van der Waals surface area contributed by atoms with Gasteiger partial charge in [-0.25, -0.2) is 4.79 Å². The van der Waals surface area contributed by atoms with Gasteiger partial charge >= 0.3 is 5.97 Å². The van der Waals surface area contributed by atoms with Crippen LogP contribution in [0.1, 0.15) is 31.7 Å². The summed E-state index contributed by atoms with van der Waals surface area (Å²) >= 11 is 0.845. The van der Waals surface area contributed by atoms with E-state index in [2.05, 4.69) is 9.64 Å². The lowest BCUT2D eigenvalue weighted by molar-refractivity contribution is -0.148. The zero-order chi connectivity index (χ0) is 18.7. The number of esters is 1. The Balaban J connectivity index is 1.74. The summed E-state index contributed by atoms with van der Waals surface area (Å²) in [6.07, 6.45) is 5.41. The van der Waals surface area contributed by atoms with Crippen molar-refractivity contribution in [1.82, 2.24) is 4.90 Å². The van der Waals surface area contributed by atoms with Crippen molar-refractivity contribution in [3.8, 4) is 0 Å². The number of methoxy groups -OCH3 is 1. The van der Waals surface area contributed by atoms with Gasteiger partial charge in [0.25, 0.3) is 11.1 Å². The highest BCUT2D eigenvalue weighted by molar-refractivity contribution is 8.18. The van der Waals surface area contributed by atoms with E-state index < -0.39 is 23.2 Å². The van der Waals surface area contributed by atoms with Crippen molar-refractivity contribution in [2.45, 2.75) is 32.2 Å². The predicted molar refractivity (Wildman–Crippen MR) is 102 cm³/mol. The molecule has 138 valence electrons. The Morgan fingerprint density at radius 3 is 2.42 bits per heavy atom. The number of nitrogens with zero attached hydrogens (tertiary/aromatic N) is 2. The third kappa shape index (κ3) is 3.77. The van der Waals surface area contributed by atoms with E-state index in [1.807, 2.05) is 24.3 Å². The molecule has 0 unspecified atom stereocenters. The number of hydrogen-bond acceptors (Lipinski definition) is 6. The summed E-state index contributed by atoms with van der Waals surface area (Å²) in [4.78, 5) is 39.9.